The molecule has 2 rings (SSSR count). The van der Waals surface area contributed by atoms with E-state index in [-0.39, 0.29) is 24.6 Å². The van der Waals surface area contributed by atoms with Gasteiger partial charge in [-0.15, -0.1) is 0 Å². The minimum atomic E-state index is -0.237. The van der Waals surface area contributed by atoms with Gasteiger partial charge in [-0.1, -0.05) is 24.3 Å². The van der Waals surface area contributed by atoms with E-state index in [1.54, 1.807) is 0 Å². The van der Waals surface area contributed by atoms with Crippen molar-refractivity contribution in [3.63, 3.8) is 0 Å². The number of carbonyl (C=O) groups excluding carboxylic acids is 1. The van der Waals surface area contributed by atoms with Crippen LogP contribution in [0.2, 0.25) is 0 Å². The van der Waals surface area contributed by atoms with E-state index in [1.807, 2.05) is 37.3 Å². The van der Waals surface area contributed by atoms with Crippen molar-refractivity contribution in [3.8, 4) is 0 Å². The highest BCUT2D eigenvalue weighted by molar-refractivity contribution is 9.10. The number of hydrogen-bond acceptors (Lipinski definition) is 2. The smallest absolute Gasteiger partial charge is 0.319 e. The van der Waals surface area contributed by atoms with Gasteiger partial charge in [-0.25, -0.2) is 4.79 Å². The fourth-order valence-electron chi connectivity index (χ4n) is 2.09. The van der Waals surface area contributed by atoms with Crippen molar-refractivity contribution < 1.29 is 9.90 Å². The Hall–Kier alpha value is -1.33. The number of benzene rings is 1. The average molecular weight is 325 g/mol. The Bertz CT molecular complexity index is 502. The predicted octanol–water partition coefficient (Wildman–Crippen LogP) is 2.82. The number of urea groups is 1. The molecule has 3 N–H and O–H groups in total. The van der Waals surface area contributed by atoms with Crippen LogP contribution >= 0.6 is 15.9 Å². The van der Waals surface area contributed by atoms with Gasteiger partial charge >= 0.3 is 6.03 Å². The topological polar surface area (TPSA) is 61.4 Å². The third kappa shape index (κ3) is 3.58. The molecule has 0 fully saturated rings. The summed E-state index contributed by atoms with van der Waals surface area (Å²) in [5.74, 6) is 0.149. The lowest BCUT2D eigenvalue weighted by atomic mass is 10.1. The molecular weight excluding hydrogens is 308 g/mol. The van der Waals surface area contributed by atoms with Crippen LogP contribution in [-0.4, -0.2) is 23.8 Å². The molecule has 0 heterocycles. The molecule has 0 saturated heterocycles. The second-order valence-corrected chi connectivity index (χ2v) is 5.50. The number of aliphatic hydroxyl groups excluding tert-OH is 1. The summed E-state index contributed by atoms with van der Waals surface area (Å²) in [6.45, 7) is 2.10. The summed E-state index contributed by atoms with van der Waals surface area (Å²) in [5, 5.41) is 14.7. The molecule has 0 aliphatic heterocycles. The molecular formula is C14H17BrN2O2. The van der Waals surface area contributed by atoms with E-state index < -0.39 is 0 Å². The van der Waals surface area contributed by atoms with Crippen molar-refractivity contribution in [1.82, 2.24) is 5.32 Å². The van der Waals surface area contributed by atoms with Crippen LogP contribution in [0.25, 0.3) is 0 Å². The normalized spacial score (nSPS) is 21.4. The average Bonchev–Trinajstić information content (AvgIpc) is 2.82. The van der Waals surface area contributed by atoms with E-state index in [4.69, 9.17) is 5.11 Å². The Morgan fingerprint density at radius 3 is 2.95 bits per heavy atom. The Kier molecular flexibility index (Phi) is 4.61. The quantitative estimate of drug-likeness (QED) is 0.749. The molecule has 0 spiro atoms. The zero-order valence-corrected chi connectivity index (χ0v) is 12.3. The van der Waals surface area contributed by atoms with Gasteiger partial charge in [0.2, 0.25) is 0 Å². The molecule has 5 heteroatoms. The molecule has 2 amide bonds. The second kappa shape index (κ2) is 6.21. The van der Waals surface area contributed by atoms with E-state index >= 15 is 0 Å². The standard InChI is InChI=1S/C14H17BrN2O2/c1-9-3-2-4-12(13(9)15)17-14(19)16-11-6-5-10(7-11)8-18/h2-6,10-11,18H,7-8H2,1H3,(H2,16,17,19)/t10-,11+/m0/s1. The summed E-state index contributed by atoms with van der Waals surface area (Å²) >= 11 is 3.45. The van der Waals surface area contributed by atoms with E-state index in [9.17, 15) is 4.79 Å². The number of amides is 2. The molecule has 1 aliphatic rings. The van der Waals surface area contributed by atoms with E-state index in [0.717, 1.165) is 22.1 Å². The molecule has 0 bridgehead atoms. The number of aliphatic hydroxyl groups is 1. The van der Waals surface area contributed by atoms with Crippen LogP contribution in [0.1, 0.15) is 12.0 Å². The van der Waals surface area contributed by atoms with Crippen LogP contribution in [0.4, 0.5) is 10.5 Å². The maximum atomic E-state index is 11.9. The molecule has 1 aliphatic carbocycles. The molecule has 2 atom stereocenters. The van der Waals surface area contributed by atoms with Gasteiger partial charge in [0.05, 0.1) is 5.69 Å². The highest BCUT2D eigenvalue weighted by atomic mass is 79.9. The van der Waals surface area contributed by atoms with Gasteiger partial charge in [-0.2, -0.15) is 0 Å². The van der Waals surface area contributed by atoms with Gasteiger partial charge in [-0.05, 0) is 40.9 Å². The first kappa shape index (κ1) is 14.1. The second-order valence-electron chi connectivity index (χ2n) is 4.70. The molecule has 0 radical (unpaired) electrons. The number of hydrogen-bond donors (Lipinski definition) is 3. The van der Waals surface area contributed by atoms with Gasteiger partial charge in [0, 0.05) is 23.0 Å². The molecule has 4 nitrogen and oxygen atoms in total. The summed E-state index contributed by atoms with van der Waals surface area (Å²) in [6, 6.07) is 5.46. The highest BCUT2D eigenvalue weighted by Crippen LogP contribution is 2.25. The molecule has 19 heavy (non-hydrogen) atoms. The lowest BCUT2D eigenvalue weighted by Gasteiger charge is -2.14. The van der Waals surface area contributed by atoms with Gasteiger partial charge in [0.15, 0.2) is 0 Å². The van der Waals surface area contributed by atoms with Crippen molar-refractivity contribution >= 4 is 27.6 Å². The van der Waals surface area contributed by atoms with Crippen LogP contribution in [0, 0.1) is 12.8 Å². The zero-order chi connectivity index (χ0) is 13.8. The molecule has 102 valence electrons. The SMILES string of the molecule is Cc1cccc(NC(=O)N[C@@H]2C=C[C@H](CO)C2)c1Br. The van der Waals surface area contributed by atoms with Crippen molar-refractivity contribution in [2.45, 2.75) is 19.4 Å². The molecule has 0 unspecified atom stereocenters. The summed E-state index contributed by atoms with van der Waals surface area (Å²) in [5.41, 5.74) is 1.82. The summed E-state index contributed by atoms with van der Waals surface area (Å²) in [6.07, 6.45) is 4.61. The Morgan fingerprint density at radius 2 is 2.26 bits per heavy atom. The third-order valence-corrected chi connectivity index (χ3v) is 4.22. The van der Waals surface area contributed by atoms with Gasteiger partial charge < -0.3 is 15.7 Å². The minimum Gasteiger partial charge on any atom is -0.396 e. The highest BCUT2D eigenvalue weighted by Gasteiger charge is 2.19. The number of anilines is 1. The zero-order valence-electron chi connectivity index (χ0n) is 10.7. The Labute approximate surface area is 121 Å². The van der Waals surface area contributed by atoms with Crippen molar-refractivity contribution in [2.24, 2.45) is 5.92 Å². The Balaban J connectivity index is 1.92. The van der Waals surface area contributed by atoms with E-state index in [0.29, 0.717) is 0 Å². The van der Waals surface area contributed by atoms with E-state index in [1.165, 1.54) is 0 Å². The third-order valence-electron chi connectivity index (χ3n) is 3.16. The monoisotopic (exact) mass is 324 g/mol. The predicted molar refractivity (Wildman–Crippen MR) is 79.2 cm³/mol. The summed E-state index contributed by atoms with van der Waals surface area (Å²) in [4.78, 5) is 11.9. The van der Waals surface area contributed by atoms with Crippen LogP contribution in [0.5, 0.6) is 0 Å². The first-order valence-corrected chi connectivity index (χ1v) is 7.01. The fraction of sp³-hybridized carbons (Fsp3) is 0.357. The van der Waals surface area contributed by atoms with E-state index in [2.05, 4.69) is 26.6 Å². The number of carbonyl (C=O) groups is 1. The van der Waals surface area contributed by atoms with Crippen LogP contribution in [0.15, 0.2) is 34.8 Å². The molecule has 0 saturated carbocycles. The Morgan fingerprint density at radius 1 is 1.47 bits per heavy atom. The molecule has 1 aromatic rings. The van der Waals surface area contributed by atoms with Crippen LogP contribution in [0.3, 0.4) is 0 Å². The number of rotatable bonds is 3. The number of aryl methyl sites for hydroxylation is 1. The summed E-state index contributed by atoms with van der Waals surface area (Å²) in [7, 11) is 0. The van der Waals surface area contributed by atoms with Crippen molar-refractivity contribution in [2.75, 3.05) is 11.9 Å². The lowest BCUT2D eigenvalue weighted by Crippen LogP contribution is -2.36. The largest absolute Gasteiger partial charge is 0.396 e. The maximum absolute atomic E-state index is 11.9. The number of nitrogens with one attached hydrogen (secondary N) is 2. The van der Waals surface area contributed by atoms with Gasteiger partial charge in [0.1, 0.15) is 0 Å². The molecule has 0 aromatic heterocycles. The molecule has 1 aromatic carbocycles. The van der Waals surface area contributed by atoms with Crippen molar-refractivity contribution in [3.05, 3.63) is 40.4 Å². The maximum Gasteiger partial charge on any atom is 0.319 e. The summed E-state index contributed by atoms with van der Waals surface area (Å²) < 4.78 is 0.889. The van der Waals surface area contributed by atoms with Gasteiger partial charge in [-0.3, -0.25) is 0 Å². The lowest BCUT2D eigenvalue weighted by molar-refractivity contribution is 0.238. The van der Waals surface area contributed by atoms with Gasteiger partial charge in [0.25, 0.3) is 0 Å². The fourth-order valence-corrected chi connectivity index (χ4v) is 2.45. The van der Waals surface area contributed by atoms with Crippen LogP contribution in [-0.2, 0) is 0 Å². The number of halogens is 1. The van der Waals surface area contributed by atoms with Crippen molar-refractivity contribution in [1.29, 1.82) is 0 Å². The minimum absolute atomic E-state index is 0.0132. The van der Waals surface area contributed by atoms with Crippen LogP contribution < -0.4 is 10.6 Å². The first-order valence-electron chi connectivity index (χ1n) is 6.22. The first-order chi connectivity index (χ1) is 9.10.